The summed E-state index contributed by atoms with van der Waals surface area (Å²) < 4.78 is 5.27. The van der Waals surface area contributed by atoms with Crippen LogP contribution >= 0.6 is 11.8 Å². The molecule has 0 aliphatic rings. The second-order valence-electron chi connectivity index (χ2n) is 4.33. The maximum absolute atomic E-state index is 10.2. The van der Waals surface area contributed by atoms with Crippen LogP contribution < -0.4 is 4.74 Å². The Labute approximate surface area is 108 Å². The molecule has 3 heteroatoms. The van der Waals surface area contributed by atoms with Crippen molar-refractivity contribution < 1.29 is 9.84 Å². The van der Waals surface area contributed by atoms with E-state index in [-0.39, 0.29) is 6.10 Å². The van der Waals surface area contributed by atoms with E-state index in [9.17, 15) is 5.11 Å². The molecule has 1 aromatic carbocycles. The van der Waals surface area contributed by atoms with Gasteiger partial charge in [0.05, 0.1) is 13.2 Å². The van der Waals surface area contributed by atoms with Crippen LogP contribution in [0, 0.1) is 13.8 Å². The lowest BCUT2D eigenvalue weighted by Crippen LogP contribution is -2.02. The second-order valence-corrected chi connectivity index (χ2v) is 5.31. The van der Waals surface area contributed by atoms with E-state index < -0.39 is 0 Å². The molecule has 0 amide bonds. The molecule has 0 spiro atoms. The first-order chi connectivity index (χ1) is 8.10. The normalized spacial score (nSPS) is 12.5. The Morgan fingerprint density at radius 3 is 2.59 bits per heavy atom. The molecule has 2 nitrogen and oxygen atoms in total. The minimum Gasteiger partial charge on any atom is -0.496 e. The minimum atomic E-state index is -0.355. The van der Waals surface area contributed by atoms with Gasteiger partial charge in [0.2, 0.25) is 0 Å². The zero-order valence-electron chi connectivity index (χ0n) is 11.1. The van der Waals surface area contributed by atoms with Crippen molar-refractivity contribution in [1.82, 2.24) is 0 Å². The topological polar surface area (TPSA) is 29.5 Å². The van der Waals surface area contributed by atoms with Crippen molar-refractivity contribution in [2.24, 2.45) is 0 Å². The molecule has 0 heterocycles. The van der Waals surface area contributed by atoms with Gasteiger partial charge in [-0.15, -0.1) is 0 Å². The van der Waals surface area contributed by atoms with Crippen molar-refractivity contribution in [2.45, 2.75) is 32.8 Å². The number of methoxy groups -OCH3 is 1. The molecular weight excluding hydrogens is 232 g/mol. The third kappa shape index (κ3) is 3.93. The van der Waals surface area contributed by atoms with Gasteiger partial charge in [-0.05, 0) is 67.5 Å². The fourth-order valence-electron chi connectivity index (χ4n) is 1.97. The van der Waals surface area contributed by atoms with Gasteiger partial charge in [-0.2, -0.15) is 11.8 Å². The van der Waals surface area contributed by atoms with Crippen LogP contribution in [-0.4, -0.2) is 24.2 Å². The van der Waals surface area contributed by atoms with E-state index in [1.165, 1.54) is 0 Å². The molecule has 1 aromatic rings. The first-order valence-electron chi connectivity index (χ1n) is 5.92. The molecule has 0 aliphatic heterocycles. The van der Waals surface area contributed by atoms with E-state index >= 15 is 0 Å². The quantitative estimate of drug-likeness (QED) is 0.788. The molecule has 0 saturated carbocycles. The number of aryl methyl sites for hydroxylation is 2. The summed E-state index contributed by atoms with van der Waals surface area (Å²) in [5.74, 6) is 1.99. The lowest BCUT2D eigenvalue weighted by Gasteiger charge is -2.16. The molecule has 1 atom stereocenters. The van der Waals surface area contributed by atoms with Gasteiger partial charge >= 0.3 is 0 Å². The Kier molecular flexibility index (Phi) is 5.86. The molecule has 1 rings (SSSR count). The monoisotopic (exact) mass is 254 g/mol. The van der Waals surface area contributed by atoms with E-state index in [0.717, 1.165) is 41.0 Å². The number of thioether (sulfide) groups is 1. The molecule has 0 aliphatic carbocycles. The number of ether oxygens (including phenoxy) is 1. The third-order valence-corrected chi connectivity index (χ3v) is 3.67. The molecular formula is C14H22O2S. The van der Waals surface area contributed by atoms with Crippen LogP contribution in [0.2, 0.25) is 0 Å². The van der Waals surface area contributed by atoms with Crippen molar-refractivity contribution in [3.8, 4) is 5.75 Å². The highest BCUT2D eigenvalue weighted by Crippen LogP contribution is 2.28. The van der Waals surface area contributed by atoms with E-state index in [0.29, 0.717) is 0 Å². The van der Waals surface area contributed by atoms with Gasteiger partial charge in [0.1, 0.15) is 5.75 Å². The maximum atomic E-state index is 10.2. The number of aliphatic hydroxyl groups is 1. The zero-order chi connectivity index (χ0) is 12.8. The van der Waals surface area contributed by atoms with E-state index in [2.05, 4.69) is 6.26 Å². The van der Waals surface area contributed by atoms with Crippen molar-refractivity contribution in [3.05, 3.63) is 28.8 Å². The number of rotatable bonds is 6. The van der Waals surface area contributed by atoms with Crippen LogP contribution in [-0.2, 0) is 0 Å². The van der Waals surface area contributed by atoms with Crippen LogP contribution in [0.25, 0.3) is 0 Å². The average Bonchev–Trinajstić information content (AvgIpc) is 2.31. The maximum Gasteiger partial charge on any atom is 0.122 e. The number of hydrogen-bond acceptors (Lipinski definition) is 3. The highest BCUT2D eigenvalue weighted by atomic mass is 32.2. The fourth-order valence-corrected chi connectivity index (χ4v) is 2.42. The molecule has 1 unspecified atom stereocenters. The van der Waals surface area contributed by atoms with Crippen molar-refractivity contribution in [3.63, 3.8) is 0 Å². The summed E-state index contributed by atoms with van der Waals surface area (Å²) in [6.07, 6.45) is 3.61. The number of benzene rings is 1. The molecule has 1 N–H and O–H groups in total. The van der Waals surface area contributed by atoms with Crippen LogP contribution in [0.15, 0.2) is 12.1 Å². The highest BCUT2D eigenvalue weighted by molar-refractivity contribution is 7.98. The Morgan fingerprint density at radius 1 is 1.29 bits per heavy atom. The molecule has 0 aromatic heterocycles. The molecule has 0 saturated heterocycles. The van der Waals surface area contributed by atoms with Crippen molar-refractivity contribution in [2.75, 3.05) is 19.1 Å². The summed E-state index contributed by atoms with van der Waals surface area (Å²) in [5.41, 5.74) is 3.21. The molecule has 17 heavy (non-hydrogen) atoms. The number of hydrogen-bond donors (Lipinski definition) is 1. The Balaban J connectivity index is 2.79. The lowest BCUT2D eigenvalue weighted by molar-refractivity contribution is 0.166. The van der Waals surface area contributed by atoms with Crippen LogP contribution in [0.4, 0.5) is 0 Å². The van der Waals surface area contributed by atoms with Gasteiger partial charge in [0.15, 0.2) is 0 Å². The summed E-state index contributed by atoms with van der Waals surface area (Å²) in [5, 5.41) is 10.2. The van der Waals surface area contributed by atoms with E-state index in [1.54, 1.807) is 7.11 Å². The molecule has 96 valence electrons. The SMILES string of the molecule is COc1cc(C)c(C(O)CCCSC)cc1C. The smallest absolute Gasteiger partial charge is 0.122 e. The van der Waals surface area contributed by atoms with Crippen LogP contribution in [0.3, 0.4) is 0 Å². The molecule has 0 radical (unpaired) electrons. The predicted molar refractivity (Wildman–Crippen MR) is 75.0 cm³/mol. The van der Waals surface area contributed by atoms with Gasteiger partial charge in [0, 0.05) is 0 Å². The van der Waals surface area contributed by atoms with Crippen molar-refractivity contribution in [1.29, 1.82) is 0 Å². The Bertz CT molecular complexity index is 363. The number of aliphatic hydroxyl groups excluding tert-OH is 1. The lowest BCUT2D eigenvalue weighted by atomic mass is 9.97. The minimum absolute atomic E-state index is 0.355. The first-order valence-corrected chi connectivity index (χ1v) is 7.31. The van der Waals surface area contributed by atoms with Gasteiger partial charge < -0.3 is 9.84 Å². The summed E-state index contributed by atoms with van der Waals surface area (Å²) in [7, 11) is 1.68. The highest BCUT2D eigenvalue weighted by Gasteiger charge is 2.12. The molecule has 0 bridgehead atoms. The Morgan fingerprint density at radius 2 is 2.00 bits per heavy atom. The Hall–Kier alpha value is -0.670. The summed E-state index contributed by atoms with van der Waals surface area (Å²) in [4.78, 5) is 0. The molecule has 0 fully saturated rings. The largest absolute Gasteiger partial charge is 0.496 e. The van der Waals surface area contributed by atoms with Gasteiger partial charge in [-0.1, -0.05) is 0 Å². The first kappa shape index (κ1) is 14.4. The van der Waals surface area contributed by atoms with Gasteiger partial charge in [-0.25, -0.2) is 0 Å². The fraction of sp³-hybridized carbons (Fsp3) is 0.571. The third-order valence-electron chi connectivity index (χ3n) is 2.97. The summed E-state index contributed by atoms with van der Waals surface area (Å²) in [6, 6.07) is 4.04. The van der Waals surface area contributed by atoms with Crippen LogP contribution in [0.1, 0.15) is 35.6 Å². The van der Waals surface area contributed by atoms with Crippen molar-refractivity contribution >= 4 is 11.8 Å². The second kappa shape index (κ2) is 6.92. The van der Waals surface area contributed by atoms with Gasteiger partial charge in [0.25, 0.3) is 0 Å². The zero-order valence-corrected chi connectivity index (χ0v) is 11.9. The van der Waals surface area contributed by atoms with E-state index in [1.807, 2.05) is 37.7 Å². The average molecular weight is 254 g/mol. The van der Waals surface area contributed by atoms with Gasteiger partial charge in [-0.3, -0.25) is 0 Å². The summed E-state index contributed by atoms with van der Waals surface area (Å²) in [6.45, 7) is 4.03. The van der Waals surface area contributed by atoms with E-state index in [4.69, 9.17) is 4.74 Å². The standard InChI is InChI=1S/C14H22O2S/c1-10-9-14(16-3)11(2)8-12(10)13(15)6-5-7-17-4/h8-9,13,15H,5-7H2,1-4H3. The van der Waals surface area contributed by atoms with Crippen LogP contribution in [0.5, 0.6) is 5.75 Å². The predicted octanol–water partition coefficient (Wildman–Crippen LogP) is 3.49. The summed E-state index contributed by atoms with van der Waals surface area (Å²) >= 11 is 1.82.